The summed E-state index contributed by atoms with van der Waals surface area (Å²) in [4.78, 5) is 151. The molecular weight excluding hydrogens is 1140 g/mol. The van der Waals surface area contributed by atoms with Gasteiger partial charge in [0.1, 0.15) is 8.42 Å². The summed E-state index contributed by atoms with van der Waals surface area (Å²) in [6.45, 7) is 16.6. The van der Waals surface area contributed by atoms with Crippen molar-refractivity contribution in [3.05, 3.63) is 11.6 Å². The van der Waals surface area contributed by atoms with E-state index < -0.39 is 180 Å². The number of carbonyl (C=O) groups excluding carboxylic acids is 12. The molecule has 0 aromatic carbocycles. The van der Waals surface area contributed by atoms with E-state index >= 15 is 0 Å². The lowest BCUT2D eigenvalue weighted by Crippen LogP contribution is -2.42. The number of fused-ring (bicyclic) bond motifs is 1. The third-order valence-electron chi connectivity index (χ3n) is 11.0. The third-order valence-corrected chi connectivity index (χ3v) is 16.7. The Hall–Kier alpha value is -6.84. The van der Waals surface area contributed by atoms with Gasteiger partial charge in [0.05, 0.1) is 5.25 Å². The minimum absolute atomic E-state index is 0.162. The van der Waals surface area contributed by atoms with Gasteiger partial charge in [-0.3, -0.25) is 4.79 Å². The number of sulfone groups is 1. The van der Waals surface area contributed by atoms with Gasteiger partial charge in [-0.2, -0.15) is 0 Å². The van der Waals surface area contributed by atoms with Crippen molar-refractivity contribution in [1.82, 2.24) is 10.0 Å². The Morgan fingerprint density at radius 1 is 0.487 bits per heavy atom. The fourth-order valence-electron chi connectivity index (χ4n) is 6.04. The number of carbonyl (C=O) groups is 12. The summed E-state index contributed by atoms with van der Waals surface area (Å²) in [7, 11) is -7.29. The maximum absolute atomic E-state index is 13.2. The molecule has 1 amide bonds. The zero-order valence-corrected chi connectivity index (χ0v) is 48.7. The molecule has 0 fully saturated rings. The first-order chi connectivity index (χ1) is 36.9. The van der Waals surface area contributed by atoms with E-state index in [0.717, 1.165) is 75.3 Å². The fourth-order valence-corrected chi connectivity index (χ4v) is 11.1. The predicted octanol–water partition coefficient (Wildman–Crippen LogP) is 0.0531. The van der Waals surface area contributed by atoms with Gasteiger partial charge in [-0.15, -0.1) is 11.3 Å². The van der Waals surface area contributed by atoms with Gasteiger partial charge in [0.2, 0.25) is 0 Å². The van der Waals surface area contributed by atoms with Crippen molar-refractivity contribution in [2.24, 2.45) is 0 Å². The van der Waals surface area contributed by atoms with Gasteiger partial charge in [-0.1, -0.05) is 6.92 Å². The molecule has 12 unspecified atom stereocenters. The van der Waals surface area contributed by atoms with E-state index in [0.29, 0.717) is 17.9 Å². The minimum Gasteiger partial charge on any atom is -0.450 e. The molecular formula is C47H66N2O28S3. The number of hydrogen-bond acceptors (Lipinski definition) is 30. The Bertz CT molecular complexity index is 2720. The zero-order chi connectivity index (χ0) is 61.5. The lowest BCUT2D eigenvalue weighted by atomic mass is 10.1. The van der Waals surface area contributed by atoms with Crippen molar-refractivity contribution in [1.29, 1.82) is 0 Å². The number of amides is 1. The smallest absolute Gasteiger partial charge is 0.347 e. The zero-order valence-electron chi connectivity index (χ0n) is 46.2. The van der Waals surface area contributed by atoms with Gasteiger partial charge in [0.25, 0.3) is 15.9 Å². The average molecular weight is 1200 g/mol. The van der Waals surface area contributed by atoms with Crippen LogP contribution in [0.5, 0.6) is 0 Å². The van der Waals surface area contributed by atoms with Crippen LogP contribution in [0.15, 0.2) is 14.5 Å². The van der Waals surface area contributed by atoms with E-state index in [-0.39, 0.29) is 16.2 Å². The molecule has 0 aliphatic carbocycles. The summed E-state index contributed by atoms with van der Waals surface area (Å²) < 4.78 is 112. The number of nitrogens with one attached hydrogen (secondary N) is 2. The second-order valence-corrected chi connectivity index (χ2v) is 23.3. The van der Waals surface area contributed by atoms with Crippen LogP contribution in [0.3, 0.4) is 0 Å². The molecule has 14 atom stereocenters. The normalized spacial score (nSPS) is 19.1. The van der Waals surface area contributed by atoms with Crippen LogP contribution in [-0.2, 0) is 134 Å². The molecule has 1 aromatic rings. The SMILES string of the molecule is CCN[C@H]1C[C@H](C)S(=O)(=O)c2sc(S(=O)(=O)NC(=O)C(C)OC(=O)C(C)OC(=O)C(C)OC(=O)C(C)OC(=O)C(C)OC(=O)C(C)OC(=O)C(C)OC(=O)C(C)OC(=O)C(C)OC(=O)C(C)OC(=O)C(C)OC(=O)C(C)OC)cc21. The Balaban J connectivity index is 1.81. The Morgan fingerprint density at radius 2 is 0.738 bits per heavy atom. The van der Waals surface area contributed by atoms with E-state index in [2.05, 4.69) is 5.32 Å². The first-order valence-electron chi connectivity index (χ1n) is 24.4. The first-order valence-corrected chi connectivity index (χ1v) is 28.2. The molecule has 2 heterocycles. The van der Waals surface area contributed by atoms with E-state index in [1.807, 2.05) is 0 Å². The van der Waals surface area contributed by atoms with Gasteiger partial charge in [0, 0.05) is 18.7 Å². The molecule has 0 spiro atoms. The molecule has 1 aliphatic rings. The van der Waals surface area contributed by atoms with E-state index in [4.69, 9.17) is 56.8 Å². The van der Waals surface area contributed by atoms with Crippen molar-refractivity contribution in [3.63, 3.8) is 0 Å². The summed E-state index contributed by atoms with van der Waals surface area (Å²) in [5, 5.41) is 2.30. The van der Waals surface area contributed by atoms with Gasteiger partial charge in [-0.25, -0.2) is 74.3 Å². The maximum Gasteiger partial charge on any atom is 0.347 e. The van der Waals surface area contributed by atoms with Gasteiger partial charge in [0.15, 0.2) is 83.1 Å². The molecule has 0 bridgehead atoms. The van der Waals surface area contributed by atoms with Crippen molar-refractivity contribution in [3.8, 4) is 0 Å². The highest BCUT2D eigenvalue weighted by molar-refractivity contribution is 7.95. The molecule has 80 heavy (non-hydrogen) atoms. The fraction of sp³-hybridized carbons (Fsp3) is 0.660. The van der Waals surface area contributed by atoms with Crippen LogP contribution < -0.4 is 10.0 Å². The molecule has 450 valence electrons. The van der Waals surface area contributed by atoms with E-state index in [1.165, 1.54) is 27.9 Å². The summed E-state index contributed by atoms with van der Waals surface area (Å²) in [6, 6.07) is 0.683. The molecule has 33 heteroatoms. The number of sulfonamides is 1. The molecule has 2 rings (SSSR count). The van der Waals surface area contributed by atoms with Crippen LogP contribution in [0.25, 0.3) is 0 Å². The summed E-state index contributed by atoms with van der Waals surface area (Å²) >= 11 is 0.459. The lowest BCUT2D eigenvalue weighted by molar-refractivity contribution is -0.190. The molecule has 0 saturated carbocycles. The van der Waals surface area contributed by atoms with Crippen LogP contribution in [0.1, 0.15) is 115 Å². The molecule has 2 N–H and O–H groups in total. The predicted molar refractivity (Wildman–Crippen MR) is 265 cm³/mol. The standard InChI is InChI=1S/C47H66N2O28S3/c1-16-48-33-17-19(2)79(62,63)47-32(33)18-34(78-47)80(64,65)49-35(50)20(3)67-37(52)22(5)69-39(54)24(7)71-41(56)26(9)73-43(58)28(11)75-45(60)30(13)77-46(61)31(14)76-44(59)29(12)74-42(57)27(10)72-40(55)25(8)70-38(53)23(6)68-36(51)21(4)66-15/h18-31,33,48H,16-17H2,1-15H3,(H,49,50)/t19-,20?,21?,22?,23?,24?,25?,26?,27?,28?,29?,30?,31?,33-/m0/s1. The van der Waals surface area contributed by atoms with Crippen LogP contribution in [0, 0.1) is 0 Å². The first kappa shape index (κ1) is 69.3. The monoisotopic (exact) mass is 1200 g/mol. The Morgan fingerprint density at radius 3 is 0.988 bits per heavy atom. The number of thiophene rings is 1. The maximum atomic E-state index is 13.2. The Labute approximate surface area is 464 Å². The number of esters is 11. The van der Waals surface area contributed by atoms with Crippen LogP contribution in [-0.4, -0.2) is 181 Å². The topological polar surface area (TPSA) is 408 Å². The quantitative estimate of drug-likeness (QED) is 0.0827. The van der Waals surface area contributed by atoms with Crippen LogP contribution in [0.2, 0.25) is 0 Å². The highest BCUT2D eigenvalue weighted by atomic mass is 32.3. The Kier molecular flexibility index (Phi) is 26.1. The number of hydrogen-bond donors (Lipinski definition) is 2. The molecule has 1 aliphatic heterocycles. The van der Waals surface area contributed by atoms with Gasteiger partial charge >= 0.3 is 65.7 Å². The highest BCUT2D eigenvalue weighted by Gasteiger charge is 2.41. The number of ether oxygens (including phenoxy) is 12. The van der Waals surface area contributed by atoms with Gasteiger partial charge in [-0.05, 0) is 109 Å². The molecule has 0 saturated heterocycles. The minimum atomic E-state index is -4.67. The second-order valence-electron chi connectivity index (χ2n) is 17.7. The van der Waals surface area contributed by atoms with Crippen molar-refractivity contribution in [2.45, 2.75) is 196 Å². The third kappa shape index (κ3) is 19.8. The molecule has 0 radical (unpaired) electrons. The summed E-state index contributed by atoms with van der Waals surface area (Å²) in [5.41, 5.74) is 0.234. The lowest BCUT2D eigenvalue weighted by Gasteiger charge is -2.27. The van der Waals surface area contributed by atoms with Crippen molar-refractivity contribution in [2.75, 3.05) is 13.7 Å². The second kappa shape index (κ2) is 30.1. The molecule has 1 aromatic heterocycles. The van der Waals surface area contributed by atoms with E-state index in [9.17, 15) is 74.4 Å². The summed E-state index contributed by atoms with van der Waals surface area (Å²) in [5.74, 6) is -15.1. The largest absolute Gasteiger partial charge is 0.450 e. The van der Waals surface area contributed by atoms with Crippen molar-refractivity contribution >= 4 is 103 Å². The molecule has 30 nitrogen and oxygen atoms in total. The van der Waals surface area contributed by atoms with Crippen LogP contribution in [0.4, 0.5) is 0 Å². The van der Waals surface area contributed by atoms with Crippen molar-refractivity contribution < 1.29 is 131 Å². The number of methoxy groups -OCH3 is 1. The number of rotatable bonds is 28. The summed E-state index contributed by atoms with van der Waals surface area (Å²) in [6.07, 6.45) is -19.5. The van der Waals surface area contributed by atoms with Crippen LogP contribution >= 0.6 is 11.3 Å². The highest BCUT2D eigenvalue weighted by Crippen LogP contribution is 2.42. The van der Waals surface area contributed by atoms with Gasteiger partial charge < -0.3 is 62.2 Å². The average Bonchev–Trinajstić information content (AvgIpc) is 3.85. The van der Waals surface area contributed by atoms with E-state index in [1.54, 1.807) is 11.6 Å².